The SMILES string of the molecule is O=c1c2c(cnn1Cc1ccc(Cl)cc1)CCNC2. The lowest BCUT2D eigenvalue weighted by molar-refractivity contribution is 0.576. The second-order valence-electron chi connectivity index (χ2n) is 4.66. The number of aromatic nitrogens is 2. The van der Waals surface area contributed by atoms with Gasteiger partial charge < -0.3 is 5.32 Å². The molecule has 1 aromatic carbocycles. The first-order valence-electron chi connectivity index (χ1n) is 6.27. The van der Waals surface area contributed by atoms with Crippen LogP contribution in [0.3, 0.4) is 0 Å². The van der Waals surface area contributed by atoms with E-state index in [0.29, 0.717) is 18.1 Å². The van der Waals surface area contributed by atoms with Crippen LogP contribution in [0.25, 0.3) is 0 Å². The smallest absolute Gasteiger partial charge is 0.271 e. The fraction of sp³-hybridized carbons (Fsp3) is 0.286. The summed E-state index contributed by atoms with van der Waals surface area (Å²) >= 11 is 5.85. The number of rotatable bonds is 2. The maximum atomic E-state index is 12.3. The Morgan fingerprint density at radius 3 is 2.89 bits per heavy atom. The molecule has 2 aromatic rings. The van der Waals surface area contributed by atoms with Crippen LogP contribution in [0.1, 0.15) is 16.7 Å². The predicted molar refractivity (Wildman–Crippen MR) is 74.5 cm³/mol. The van der Waals surface area contributed by atoms with Gasteiger partial charge in [0.15, 0.2) is 0 Å². The van der Waals surface area contributed by atoms with Crippen molar-refractivity contribution in [3.05, 3.63) is 62.5 Å². The van der Waals surface area contributed by atoms with Gasteiger partial charge in [0, 0.05) is 17.1 Å². The third-order valence-corrected chi connectivity index (χ3v) is 3.60. The first-order valence-corrected chi connectivity index (χ1v) is 6.65. The summed E-state index contributed by atoms with van der Waals surface area (Å²) in [6.07, 6.45) is 2.69. The number of hydrogen-bond acceptors (Lipinski definition) is 3. The Bertz CT molecular complexity index is 649. The lowest BCUT2D eigenvalue weighted by Crippen LogP contribution is -2.35. The van der Waals surface area contributed by atoms with Crippen LogP contribution in [0.5, 0.6) is 0 Å². The molecule has 0 aliphatic carbocycles. The molecule has 98 valence electrons. The summed E-state index contributed by atoms with van der Waals surface area (Å²) in [7, 11) is 0. The Kier molecular flexibility index (Phi) is 3.36. The van der Waals surface area contributed by atoms with E-state index in [4.69, 9.17) is 11.6 Å². The van der Waals surface area contributed by atoms with E-state index in [1.54, 1.807) is 0 Å². The maximum absolute atomic E-state index is 12.3. The van der Waals surface area contributed by atoms with E-state index >= 15 is 0 Å². The molecule has 3 rings (SSSR count). The molecule has 0 amide bonds. The minimum Gasteiger partial charge on any atom is -0.312 e. The minimum absolute atomic E-state index is 0.000324. The predicted octanol–water partition coefficient (Wildman–Crippen LogP) is 1.59. The van der Waals surface area contributed by atoms with Crippen LogP contribution in [0.15, 0.2) is 35.3 Å². The van der Waals surface area contributed by atoms with Crippen molar-refractivity contribution in [1.82, 2.24) is 15.1 Å². The largest absolute Gasteiger partial charge is 0.312 e. The van der Waals surface area contributed by atoms with E-state index in [-0.39, 0.29) is 5.56 Å². The van der Waals surface area contributed by atoms with Crippen molar-refractivity contribution in [2.75, 3.05) is 6.54 Å². The van der Waals surface area contributed by atoms with Crippen LogP contribution in [0, 0.1) is 0 Å². The van der Waals surface area contributed by atoms with Crippen molar-refractivity contribution in [3.63, 3.8) is 0 Å². The van der Waals surface area contributed by atoms with Crippen molar-refractivity contribution < 1.29 is 0 Å². The molecule has 1 N–H and O–H groups in total. The van der Waals surface area contributed by atoms with Gasteiger partial charge in [-0.25, -0.2) is 4.68 Å². The van der Waals surface area contributed by atoms with Crippen LogP contribution in [-0.4, -0.2) is 16.3 Å². The maximum Gasteiger partial charge on any atom is 0.271 e. The van der Waals surface area contributed by atoms with Crippen LogP contribution < -0.4 is 10.9 Å². The van der Waals surface area contributed by atoms with Gasteiger partial charge in [-0.1, -0.05) is 23.7 Å². The molecule has 0 saturated heterocycles. The lowest BCUT2D eigenvalue weighted by atomic mass is 10.1. The van der Waals surface area contributed by atoms with E-state index in [0.717, 1.165) is 29.7 Å². The Morgan fingerprint density at radius 1 is 1.32 bits per heavy atom. The topological polar surface area (TPSA) is 46.9 Å². The average Bonchev–Trinajstić information content (AvgIpc) is 2.45. The van der Waals surface area contributed by atoms with E-state index < -0.39 is 0 Å². The van der Waals surface area contributed by atoms with Crippen LogP contribution >= 0.6 is 11.6 Å². The van der Waals surface area contributed by atoms with E-state index in [1.165, 1.54) is 4.68 Å². The second kappa shape index (κ2) is 5.15. The van der Waals surface area contributed by atoms with E-state index in [2.05, 4.69) is 10.4 Å². The lowest BCUT2D eigenvalue weighted by Gasteiger charge is -2.17. The molecule has 1 aliphatic rings. The quantitative estimate of drug-likeness (QED) is 0.905. The molecule has 1 aliphatic heterocycles. The average molecular weight is 276 g/mol. The second-order valence-corrected chi connectivity index (χ2v) is 5.10. The number of nitrogens with one attached hydrogen (secondary N) is 1. The van der Waals surface area contributed by atoms with E-state index in [9.17, 15) is 4.79 Å². The molecular weight excluding hydrogens is 262 g/mol. The third kappa shape index (κ3) is 2.55. The van der Waals surface area contributed by atoms with Gasteiger partial charge in [0.2, 0.25) is 0 Å². The molecule has 5 heteroatoms. The van der Waals surface area contributed by atoms with Gasteiger partial charge >= 0.3 is 0 Å². The number of hydrogen-bond donors (Lipinski definition) is 1. The molecule has 19 heavy (non-hydrogen) atoms. The minimum atomic E-state index is -0.000324. The third-order valence-electron chi connectivity index (χ3n) is 3.35. The van der Waals surface area contributed by atoms with Gasteiger partial charge in [-0.3, -0.25) is 4.79 Å². The first kappa shape index (κ1) is 12.4. The van der Waals surface area contributed by atoms with Crippen LogP contribution in [-0.2, 0) is 19.5 Å². The van der Waals surface area contributed by atoms with Crippen molar-refractivity contribution in [2.24, 2.45) is 0 Å². The van der Waals surface area contributed by atoms with Crippen molar-refractivity contribution in [3.8, 4) is 0 Å². The highest BCUT2D eigenvalue weighted by Crippen LogP contribution is 2.11. The van der Waals surface area contributed by atoms with Crippen molar-refractivity contribution in [2.45, 2.75) is 19.5 Å². The highest BCUT2D eigenvalue weighted by atomic mass is 35.5. The molecule has 0 unspecified atom stereocenters. The Morgan fingerprint density at radius 2 is 2.11 bits per heavy atom. The van der Waals surface area contributed by atoms with Crippen molar-refractivity contribution >= 4 is 11.6 Å². The number of benzene rings is 1. The monoisotopic (exact) mass is 275 g/mol. The molecule has 0 atom stereocenters. The number of fused-ring (bicyclic) bond motifs is 1. The highest BCUT2D eigenvalue weighted by molar-refractivity contribution is 6.30. The summed E-state index contributed by atoms with van der Waals surface area (Å²) in [4.78, 5) is 12.3. The standard InChI is InChI=1S/C14H14ClN3O/c15-12-3-1-10(2-4-12)9-18-14(19)13-8-16-6-5-11(13)7-17-18/h1-4,7,16H,5-6,8-9H2. The van der Waals surface area contributed by atoms with Gasteiger partial charge in [0.1, 0.15) is 0 Å². The number of halogens is 1. The Balaban J connectivity index is 1.93. The molecular formula is C14H14ClN3O. The summed E-state index contributed by atoms with van der Waals surface area (Å²) in [5.74, 6) is 0. The van der Waals surface area contributed by atoms with Crippen LogP contribution in [0.2, 0.25) is 5.02 Å². The normalized spacial score (nSPS) is 14.2. The summed E-state index contributed by atoms with van der Waals surface area (Å²) in [6, 6.07) is 7.46. The summed E-state index contributed by atoms with van der Waals surface area (Å²) < 4.78 is 1.51. The van der Waals surface area contributed by atoms with Gasteiger partial charge in [-0.15, -0.1) is 0 Å². The summed E-state index contributed by atoms with van der Waals surface area (Å²) in [5, 5.41) is 8.17. The van der Waals surface area contributed by atoms with Gasteiger partial charge in [-0.2, -0.15) is 5.10 Å². The van der Waals surface area contributed by atoms with Crippen LogP contribution in [0.4, 0.5) is 0 Å². The molecule has 1 aromatic heterocycles. The van der Waals surface area contributed by atoms with Gasteiger partial charge in [0.05, 0.1) is 12.7 Å². The molecule has 0 fully saturated rings. The summed E-state index contributed by atoms with van der Waals surface area (Å²) in [5.41, 5.74) is 2.92. The first-order chi connectivity index (χ1) is 9.24. The van der Waals surface area contributed by atoms with Gasteiger partial charge in [-0.05, 0) is 36.2 Å². The molecule has 0 spiro atoms. The molecule has 0 bridgehead atoms. The van der Waals surface area contributed by atoms with Crippen molar-refractivity contribution in [1.29, 1.82) is 0 Å². The number of nitrogens with zero attached hydrogens (tertiary/aromatic N) is 2. The highest BCUT2D eigenvalue weighted by Gasteiger charge is 2.14. The fourth-order valence-electron chi connectivity index (χ4n) is 2.28. The molecule has 2 heterocycles. The molecule has 0 radical (unpaired) electrons. The fourth-order valence-corrected chi connectivity index (χ4v) is 2.41. The van der Waals surface area contributed by atoms with Gasteiger partial charge in [0.25, 0.3) is 5.56 Å². The molecule has 4 nitrogen and oxygen atoms in total. The van der Waals surface area contributed by atoms with E-state index in [1.807, 2.05) is 30.5 Å². The Labute approximate surface area is 116 Å². The zero-order chi connectivity index (χ0) is 13.2. The molecule has 0 saturated carbocycles. The zero-order valence-corrected chi connectivity index (χ0v) is 11.2. The Hall–Kier alpha value is -1.65. The summed E-state index contributed by atoms with van der Waals surface area (Å²) in [6.45, 7) is 2.02. The zero-order valence-electron chi connectivity index (χ0n) is 10.4.